The molecule has 2 atom stereocenters. The fraction of sp³-hybridized carbons (Fsp3) is 0.263. The number of carbonyl (C=O) groups excluding carboxylic acids is 2. The molecule has 0 aromatic heterocycles. The second-order valence-electron chi connectivity index (χ2n) is 5.72. The molecule has 1 N–H and O–H groups in total. The summed E-state index contributed by atoms with van der Waals surface area (Å²) in [5, 5.41) is 10.4. The SMILES string of the molecule is CC(=O)OC(C)OC(=O)C(C)(O)c1ccc(-c2ccccc2)c(F)c1. The summed E-state index contributed by atoms with van der Waals surface area (Å²) in [4.78, 5) is 23.0. The zero-order valence-corrected chi connectivity index (χ0v) is 14.2. The summed E-state index contributed by atoms with van der Waals surface area (Å²) in [5.41, 5.74) is -1.03. The van der Waals surface area contributed by atoms with Gasteiger partial charge in [-0.2, -0.15) is 0 Å². The Bertz CT molecular complexity index is 771. The molecule has 2 aromatic rings. The average molecular weight is 346 g/mol. The summed E-state index contributed by atoms with van der Waals surface area (Å²) in [6, 6.07) is 12.9. The van der Waals surface area contributed by atoms with Crippen LogP contribution in [0, 0.1) is 5.82 Å². The number of rotatable bonds is 5. The minimum atomic E-state index is -2.09. The molecule has 0 aliphatic heterocycles. The van der Waals surface area contributed by atoms with E-state index in [0.29, 0.717) is 11.1 Å². The summed E-state index contributed by atoms with van der Waals surface area (Å²) >= 11 is 0. The molecule has 0 heterocycles. The predicted molar refractivity (Wildman–Crippen MR) is 88.7 cm³/mol. The highest BCUT2D eigenvalue weighted by Crippen LogP contribution is 2.29. The van der Waals surface area contributed by atoms with E-state index in [9.17, 15) is 19.1 Å². The van der Waals surface area contributed by atoms with Crippen molar-refractivity contribution in [3.63, 3.8) is 0 Å². The number of halogens is 1. The molecule has 0 aliphatic carbocycles. The molecule has 2 rings (SSSR count). The van der Waals surface area contributed by atoms with Crippen LogP contribution in [0.4, 0.5) is 4.39 Å². The first-order valence-electron chi connectivity index (χ1n) is 7.68. The lowest BCUT2D eigenvalue weighted by molar-refractivity contribution is -0.196. The van der Waals surface area contributed by atoms with Crippen LogP contribution in [0.25, 0.3) is 11.1 Å². The van der Waals surface area contributed by atoms with E-state index >= 15 is 0 Å². The molecular formula is C19H19FO5. The van der Waals surface area contributed by atoms with Crippen LogP contribution in [-0.4, -0.2) is 23.3 Å². The van der Waals surface area contributed by atoms with Gasteiger partial charge >= 0.3 is 11.9 Å². The standard InChI is InChI=1S/C19H19FO5/c1-12(21)24-13(2)25-18(22)19(3,23)15-9-10-16(17(20)11-15)14-7-5-4-6-8-14/h4-11,13,23H,1-3H3. The van der Waals surface area contributed by atoms with E-state index < -0.39 is 29.6 Å². The van der Waals surface area contributed by atoms with E-state index in [2.05, 4.69) is 4.74 Å². The Balaban J connectivity index is 2.23. The third kappa shape index (κ3) is 4.42. The quantitative estimate of drug-likeness (QED) is 0.665. The molecule has 0 saturated heterocycles. The van der Waals surface area contributed by atoms with Gasteiger partial charge in [0, 0.05) is 19.4 Å². The van der Waals surface area contributed by atoms with Gasteiger partial charge in [0.15, 0.2) is 5.60 Å². The summed E-state index contributed by atoms with van der Waals surface area (Å²) in [7, 11) is 0. The fourth-order valence-electron chi connectivity index (χ4n) is 2.31. The van der Waals surface area contributed by atoms with Crippen LogP contribution >= 0.6 is 0 Å². The lowest BCUT2D eigenvalue weighted by Gasteiger charge is -2.24. The number of carbonyl (C=O) groups is 2. The van der Waals surface area contributed by atoms with Crippen molar-refractivity contribution in [3.8, 4) is 11.1 Å². The van der Waals surface area contributed by atoms with Gasteiger partial charge < -0.3 is 14.6 Å². The van der Waals surface area contributed by atoms with Crippen molar-refractivity contribution < 1.29 is 28.6 Å². The number of hydrogen-bond donors (Lipinski definition) is 1. The highest BCUT2D eigenvalue weighted by atomic mass is 19.1. The zero-order chi connectivity index (χ0) is 18.6. The summed E-state index contributed by atoms with van der Waals surface area (Å²) in [6.45, 7) is 3.70. The molecule has 2 aromatic carbocycles. The molecule has 25 heavy (non-hydrogen) atoms. The fourth-order valence-corrected chi connectivity index (χ4v) is 2.31. The van der Waals surface area contributed by atoms with Crippen LogP contribution in [0.15, 0.2) is 48.5 Å². The van der Waals surface area contributed by atoms with Gasteiger partial charge in [0.25, 0.3) is 0 Å². The number of aliphatic hydroxyl groups is 1. The molecule has 0 fully saturated rings. The van der Waals surface area contributed by atoms with Crippen LogP contribution < -0.4 is 0 Å². The highest BCUT2D eigenvalue weighted by molar-refractivity contribution is 5.81. The molecule has 0 spiro atoms. The maximum absolute atomic E-state index is 14.4. The molecule has 0 amide bonds. The Labute approximate surface area is 145 Å². The van der Waals surface area contributed by atoms with Crippen LogP contribution in [0.5, 0.6) is 0 Å². The molecule has 6 heteroatoms. The Kier molecular flexibility index (Phi) is 5.54. The molecule has 5 nitrogen and oxygen atoms in total. The Morgan fingerprint density at radius 1 is 1.12 bits per heavy atom. The van der Waals surface area contributed by atoms with E-state index in [4.69, 9.17) is 4.74 Å². The lowest BCUT2D eigenvalue weighted by Crippen LogP contribution is -2.37. The Morgan fingerprint density at radius 3 is 2.32 bits per heavy atom. The van der Waals surface area contributed by atoms with Gasteiger partial charge in [-0.15, -0.1) is 0 Å². The van der Waals surface area contributed by atoms with Crippen molar-refractivity contribution in [2.24, 2.45) is 0 Å². The van der Waals surface area contributed by atoms with Gasteiger partial charge in [-0.25, -0.2) is 9.18 Å². The first-order chi connectivity index (χ1) is 11.7. The molecule has 132 valence electrons. The van der Waals surface area contributed by atoms with Gasteiger partial charge in [-0.3, -0.25) is 4.79 Å². The van der Waals surface area contributed by atoms with Gasteiger partial charge in [-0.1, -0.05) is 42.5 Å². The number of hydrogen-bond acceptors (Lipinski definition) is 5. The van der Waals surface area contributed by atoms with Gasteiger partial charge in [0.2, 0.25) is 6.29 Å². The first kappa shape index (κ1) is 18.6. The number of esters is 2. The second-order valence-corrected chi connectivity index (χ2v) is 5.72. The Morgan fingerprint density at radius 2 is 1.76 bits per heavy atom. The maximum atomic E-state index is 14.4. The molecule has 0 bridgehead atoms. The molecule has 0 aliphatic rings. The van der Waals surface area contributed by atoms with E-state index in [1.54, 1.807) is 24.3 Å². The van der Waals surface area contributed by atoms with Crippen molar-refractivity contribution in [2.75, 3.05) is 0 Å². The van der Waals surface area contributed by atoms with Gasteiger partial charge in [0.05, 0.1) is 0 Å². The highest BCUT2D eigenvalue weighted by Gasteiger charge is 2.36. The van der Waals surface area contributed by atoms with E-state index in [0.717, 1.165) is 6.07 Å². The summed E-state index contributed by atoms with van der Waals surface area (Å²) < 4.78 is 24.0. The minimum absolute atomic E-state index is 0.0321. The minimum Gasteiger partial charge on any atom is -0.426 e. The van der Waals surface area contributed by atoms with Crippen molar-refractivity contribution in [3.05, 3.63) is 59.9 Å². The molecule has 0 saturated carbocycles. The Hall–Kier alpha value is -2.73. The number of benzene rings is 2. The van der Waals surface area contributed by atoms with Crippen molar-refractivity contribution in [1.29, 1.82) is 0 Å². The largest absolute Gasteiger partial charge is 0.426 e. The van der Waals surface area contributed by atoms with Crippen LogP contribution in [-0.2, 0) is 24.7 Å². The first-order valence-corrected chi connectivity index (χ1v) is 7.68. The van der Waals surface area contributed by atoms with E-state index in [1.165, 1.54) is 32.9 Å². The lowest BCUT2D eigenvalue weighted by atomic mass is 9.93. The monoisotopic (exact) mass is 346 g/mol. The third-order valence-corrected chi connectivity index (χ3v) is 3.62. The number of ether oxygens (including phenoxy) is 2. The topological polar surface area (TPSA) is 72.8 Å². The third-order valence-electron chi connectivity index (χ3n) is 3.62. The van der Waals surface area contributed by atoms with Crippen LogP contribution in [0.2, 0.25) is 0 Å². The predicted octanol–water partition coefficient (Wildman–Crippen LogP) is 3.15. The smallest absolute Gasteiger partial charge is 0.345 e. The van der Waals surface area contributed by atoms with Crippen molar-refractivity contribution in [1.82, 2.24) is 0 Å². The zero-order valence-electron chi connectivity index (χ0n) is 14.2. The van der Waals surface area contributed by atoms with Gasteiger partial charge in [0.1, 0.15) is 5.82 Å². The second kappa shape index (κ2) is 7.44. The summed E-state index contributed by atoms with van der Waals surface area (Å²) in [6.07, 6.45) is -1.16. The molecular weight excluding hydrogens is 327 g/mol. The van der Waals surface area contributed by atoms with Crippen molar-refractivity contribution >= 4 is 11.9 Å². The van der Waals surface area contributed by atoms with Crippen molar-refractivity contribution in [2.45, 2.75) is 32.7 Å². The van der Waals surface area contributed by atoms with E-state index in [-0.39, 0.29) is 5.56 Å². The molecule has 2 unspecified atom stereocenters. The van der Waals surface area contributed by atoms with Crippen LogP contribution in [0.1, 0.15) is 26.3 Å². The molecule has 0 radical (unpaired) electrons. The normalized spacial score (nSPS) is 14.3. The summed E-state index contributed by atoms with van der Waals surface area (Å²) in [5.74, 6) is -2.25. The average Bonchev–Trinajstić information content (AvgIpc) is 2.54. The maximum Gasteiger partial charge on any atom is 0.345 e. The van der Waals surface area contributed by atoms with Crippen LogP contribution in [0.3, 0.4) is 0 Å². The van der Waals surface area contributed by atoms with Gasteiger partial charge in [-0.05, 0) is 24.1 Å². The van der Waals surface area contributed by atoms with E-state index in [1.807, 2.05) is 6.07 Å².